The maximum absolute atomic E-state index is 13.1. The summed E-state index contributed by atoms with van der Waals surface area (Å²) in [5, 5.41) is 11.8. The molecule has 3 aromatic rings. The number of Topliss-reactive ketones (excluding diaryl/α,β-unsaturated/α-hetero) is 1. The number of aromatic nitrogens is 3. The second kappa shape index (κ2) is 10.0. The molecule has 0 radical (unpaired) electrons. The van der Waals surface area contributed by atoms with Gasteiger partial charge in [-0.2, -0.15) is 0 Å². The molecule has 0 aliphatic carbocycles. The first-order valence-electron chi connectivity index (χ1n) is 9.22. The van der Waals surface area contributed by atoms with Gasteiger partial charge in [-0.1, -0.05) is 11.8 Å². The molecule has 0 atom stereocenters. The molecule has 30 heavy (non-hydrogen) atoms. The van der Waals surface area contributed by atoms with Gasteiger partial charge in [0.05, 0.1) is 12.9 Å². The third-order valence-electron chi connectivity index (χ3n) is 4.25. The molecular weight excluding hydrogens is 407 g/mol. The topological polar surface area (TPSA) is 86.1 Å². The zero-order chi connectivity index (χ0) is 21.5. The summed E-state index contributed by atoms with van der Waals surface area (Å²) in [7, 11) is 1.59. The van der Waals surface area contributed by atoms with Crippen LogP contribution in [0.1, 0.15) is 23.1 Å². The van der Waals surface area contributed by atoms with Crippen LogP contribution in [0.5, 0.6) is 5.75 Å². The fourth-order valence-corrected chi connectivity index (χ4v) is 3.61. The van der Waals surface area contributed by atoms with Crippen molar-refractivity contribution in [2.24, 2.45) is 0 Å². The Balaban J connectivity index is 1.81. The van der Waals surface area contributed by atoms with Crippen molar-refractivity contribution in [3.8, 4) is 11.4 Å². The molecule has 9 heteroatoms. The highest BCUT2D eigenvalue weighted by atomic mass is 32.2. The Morgan fingerprint density at radius 2 is 1.80 bits per heavy atom. The standard InChI is InChI=1S/C21H21FN4O3S/c1-14(27)23-12-11-20-24-25-21(26(20)17-7-9-18(29-2)10-8-17)30-13-19(28)15-3-5-16(22)6-4-15/h3-10H,11-13H2,1-2H3,(H,23,27). The third kappa shape index (κ3) is 5.44. The number of ether oxygens (including phenoxy) is 1. The Morgan fingerprint density at radius 3 is 2.43 bits per heavy atom. The number of carbonyl (C=O) groups is 2. The van der Waals surface area contributed by atoms with E-state index >= 15 is 0 Å². The Hall–Kier alpha value is -3.20. The molecular formula is C21H21FN4O3S. The molecule has 0 unspecified atom stereocenters. The molecule has 2 aromatic carbocycles. The van der Waals surface area contributed by atoms with E-state index in [1.54, 1.807) is 7.11 Å². The lowest BCUT2D eigenvalue weighted by Crippen LogP contribution is -2.23. The molecule has 1 N–H and O–H groups in total. The molecule has 0 aliphatic rings. The smallest absolute Gasteiger partial charge is 0.216 e. The molecule has 0 saturated carbocycles. The van der Waals surface area contributed by atoms with Gasteiger partial charge in [0.15, 0.2) is 10.9 Å². The maximum atomic E-state index is 13.1. The van der Waals surface area contributed by atoms with Crippen molar-refractivity contribution in [2.45, 2.75) is 18.5 Å². The number of amides is 1. The van der Waals surface area contributed by atoms with Crippen LogP contribution in [0.4, 0.5) is 4.39 Å². The van der Waals surface area contributed by atoms with Gasteiger partial charge < -0.3 is 10.1 Å². The van der Waals surface area contributed by atoms with E-state index in [-0.39, 0.29) is 23.3 Å². The van der Waals surface area contributed by atoms with Crippen LogP contribution in [-0.4, -0.2) is 45.9 Å². The van der Waals surface area contributed by atoms with Crippen LogP contribution in [0.2, 0.25) is 0 Å². The fourth-order valence-electron chi connectivity index (χ4n) is 2.75. The predicted octanol–water partition coefficient (Wildman–Crippen LogP) is 3.07. The number of hydrogen-bond acceptors (Lipinski definition) is 6. The van der Waals surface area contributed by atoms with Crippen LogP contribution < -0.4 is 10.1 Å². The number of nitrogens with one attached hydrogen (secondary N) is 1. The number of hydrogen-bond donors (Lipinski definition) is 1. The van der Waals surface area contributed by atoms with E-state index in [1.807, 2.05) is 28.8 Å². The van der Waals surface area contributed by atoms with E-state index in [0.29, 0.717) is 35.3 Å². The lowest BCUT2D eigenvalue weighted by atomic mass is 10.1. The van der Waals surface area contributed by atoms with E-state index in [1.165, 1.54) is 43.0 Å². The van der Waals surface area contributed by atoms with Gasteiger partial charge in [0.2, 0.25) is 5.91 Å². The van der Waals surface area contributed by atoms with Crippen LogP contribution in [0.15, 0.2) is 53.7 Å². The van der Waals surface area contributed by atoms with E-state index in [9.17, 15) is 14.0 Å². The third-order valence-corrected chi connectivity index (χ3v) is 5.18. The lowest BCUT2D eigenvalue weighted by Gasteiger charge is -2.11. The van der Waals surface area contributed by atoms with E-state index in [4.69, 9.17) is 4.74 Å². The highest BCUT2D eigenvalue weighted by molar-refractivity contribution is 7.99. The molecule has 0 fully saturated rings. The predicted molar refractivity (Wildman–Crippen MR) is 112 cm³/mol. The Morgan fingerprint density at radius 1 is 1.10 bits per heavy atom. The summed E-state index contributed by atoms with van der Waals surface area (Å²) in [6, 6.07) is 12.8. The van der Waals surface area contributed by atoms with Crippen LogP contribution in [0, 0.1) is 5.82 Å². The zero-order valence-corrected chi connectivity index (χ0v) is 17.4. The normalized spacial score (nSPS) is 10.6. The number of carbonyl (C=O) groups excluding carboxylic acids is 2. The minimum Gasteiger partial charge on any atom is -0.497 e. The van der Waals surface area contributed by atoms with Gasteiger partial charge in [-0.05, 0) is 48.5 Å². The van der Waals surface area contributed by atoms with Gasteiger partial charge in [-0.15, -0.1) is 10.2 Å². The number of methoxy groups -OCH3 is 1. The van der Waals surface area contributed by atoms with Crippen molar-refractivity contribution in [1.82, 2.24) is 20.1 Å². The van der Waals surface area contributed by atoms with Crippen molar-refractivity contribution in [3.63, 3.8) is 0 Å². The molecule has 156 valence electrons. The SMILES string of the molecule is COc1ccc(-n2c(CCNC(C)=O)nnc2SCC(=O)c2ccc(F)cc2)cc1. The van der Waals surface area contributed by atoms with Gasteiger partial charge in [0.25, 0.3) is 0 Å². The molecule has 0 bridgehead atoms. The maximum Gasteiger partial charge on any atom is 0.216 e. The van der Waals surface area contributed by atoms with E-state index in [0.717, 1.165) is 5.69 Å². The summed E-state index contributed by atoms with van der Waals surface area (Å²) < 4.78 is 20.1. The molecule has 0 saturated heterocycles. The monoisotopic (exact) mass is 428 g/mol. The van der Waals surface area contributed by atoms with E-state index < -0.39 is 0 Å². The van der Waals surface area contributed by atoms with Crippen LogP contribution >= 0.6 is 11.8 Å². The first-order valence-corrected chi connectivity index (χ1v) is 10.2. The van der Waals surface area contributed by atoms with Crippen molar-refractivity contribution >= 4 is 23.5 Å². The average molecular weight is 428 g/mol. The number of benzene rings is 2. The molecule has 3 rings (SSSR count). The highest BCUT2D eigenvalue weighted by Crippen LogP contribution is 2.24. The van der Waals surface area contributed by atoms with Gasteiger partial charge in [-0.25, -0.2) is 4.39 Å². The van der Waals surface area contributed by atoms with Crippen LogP contribution in [0.25, 0.3) is 5.69 Å². The Kier molecular flexibility index (Phi) is 7.18. The second-order valence-electron chi connectivity index (χ2n) is 6.38. The molecule has 1 amide bonds. The van der Waals surface area contributed by atoms with Crippen molar-refractivity contribution in [1.29, 1.82) is 0 Å². The molecule has 1 heterocycles. The summed E-state index contributed by atoms with van der Waals surface area (Å²) in [5.41, 5.74) is 1.25. The first kappa shape index (κ1) is 21.5. The Labute approximate surface area is 177 Å². The number of ketones is 1. The molecule has 0 aliphatic heterocycles. The van der Waals surface area contributed by atoms with Crippen LogP contribution in [0.3, 0.4) is 0 Å². The summed E-state index contributed by atoms with van der Waals surface area (Å²) in [6.45, 7) is 1.87. The number of nitrogens with zero attached hydrogens (tertiary/aromatic N) is 3. The van der Waals surface area contributed by atoms with Gasteiger partial charge in [0, 0.05) is 31.1 Å². The number of thioether (sulfide) groups is 1. The summed E-state index contributed by atoms with van der Waals surface area (Å²) in [4.78, 5) is 23.6. The highest BCUT2D eigenvalue weighted by Gasteiger charge is 2.17. The van der Waals surface area contributed by atoms with Gasteiger partial charge >= 0.3 is 0 Å². The zero-order valence-electron chi connectivity index (χ0n) is 16.6. The van der Waals surface area contributed by atoms with Crippen molar-refractivity contribution in [3.05, 3.63) is 65.7 Å². The molecule has 0 spiro atoms. The largest absolute Gasteiger partial charge is 0.497 e. The lowest BCUT2D eigenvalue weighted by molar-refractivity contribution is -0.118. The van der Waals surface area contributed by atoms with Gasteiger partial charge in [0.1, 0.15) is 17.4 Å². The molecule has 7 nitrogen and oxygen atoms in total. The quantitative estimate of drug-likeness (QED) is 0.416. The fraction of sp³-hybridized carbons (Fsp3) is 0.238. The molecule has 1 aromatic heterocycles. The number of halogens is 1. The summed E-state index contributed by atoms with van der Waals surface area (Å²) in [5.74, 6) is 0.861. The summed E-state index contributed by atoms with van der Waals surface area (Å²) >= 11 is 1.25. The Bertz CT molecular complexity index is 1020. The van der Waals surface area contributed by atoms with E-state index in [2.05, 4.69) is 15.5 Å². The minimum absolute atomic E-state index is 0.120. The van der Waals surface area contributed by atoms with Crippen molar-refractivity contribution < 1.29 is 18.7 Å². The van der Waals surface area contributed by atoms with Gasteiger partial charge in [-0.3, -0.25) is 14.2 Å². The minimum atomic E-state index is -0.387. The first-order chi connectivity index (χ1) is 14.5. The average Bonchev–Trinajstić information content (AvgIpc) is 3.15. The number of rotatable bonds is 9. The second-order valence-corrected chi connectivity index (χ2v) is 7.33. The van der Waals surface area contributed by atoms with Crippen molar-refractivity contribution in [2.75, 3.05) is 19.4 Å². The summed E-state index contributed by atoms with van der Waals surface area (Å²) in [6.07, 6.45) is 0.477. The van der Waals surface area contributed by atoms with Crippen LogP contribution in [-0.2, 0) is 11.2 Å².